The van der Waals surface area contributed by atoms with E-state index in [1.54, 1.807) is 6.07 Å². The first kappa shape index (κ1) is 23.8. The molecule has 0 radical (unpaired) electrons. The van der Waals surface area contributed by atoms with E-state index in [2.05, 4.69) is 5.32 Å². The highest BCUT2D eigenvalue weighted by molar-refractivity contribution is 7.89. The SMILES string of the molecule is O=C(Nc1cc([N+](=O)[O-])c(F)cc1F)C1CCN(S(=O)(=O)c2ccc3c(c2)OCCCO3)CC1. The summed E-state index contributed by atoms with van der Waals surface area (Å²) in [6.07, 6.45) is 0.989. The summed E-state index contributed by atoms with van der Waals surface area (Å²) >= 11 is 0. The number of carbonyl (C=O) groups excluding carboxylic acids is 1. The molecule has 0 spiro atoms. The van der Waals surface area contributed by atoms with Crippen LogP contribution in [0.2, 0.25) is 0 Å². The first-order chi connectivity index (χ1) is 16.2. The fourth-order valence-corrected chi connectivity index (χ4v) is 5.31. The van der Waals surface area contributed by atoms with E-state index >= 15 is 0 Å². The van der Waals surface area contributed by atoms with Crippen molar-refractivity contribution in [2.45, 2.75) is 24.2 Å². The van der Waals surface area contributed by atoms with Crippen molar-refractivity contribution < 1.29 is 36.4 Å². The van der Waals surface area contributed by atoms with Gasteiger partial charge in [-0.15, -0.1) is 0 Å². The standard InChI is InChI=1S/C21H21F2N3O7S/c22-15-11-16(23)18(26(28)29)12-17(15)24-21(27)13-4-6-25(7-5-13)34(30,31)14-2-3-19-20(10-14)33-9-1-8-32-19/h2-3,10-13H,1,4-9H2,(H,24,27). The van der Waals surface area contributed by atoms with Gasteiger partial charge >= 0.3 is 5.69 Å². The summed E-state index contributed by atoms with van der Waals surface area (Å²) in [5, 5.41) is 13.1. The van der Waals surface area contributed by atoms with Crippen LogP contribution in [0.25, 0.3) is 0 Å². The van der Waals surface area contributed by atoms with E-state index in [4.69, 9.17) is 9.47 Å². The Morgan fingerprint density at radius 3 is 2.41 bits per heavy atom. The Kier molecular flexibility index (Phi) is 6.66. The molecule has 2 heterocycles. The van der Waals surface area contributed by atoms with Crippen LogP contribution >= 0.6 is 0 Å². The molecule has 0 saturated carbocycles. The Bertz CT molecular complexity index is 1230. The maximum absolute atomic E-state index is 14.0. The smallest absolute Gasteiger partial charge is 0.307 e. The summed E-state index contributed by atoms with van der Waals surface area (Å²) in [6.45, 7) is 0.973. The Morgan fingerprint density at radius 1 is 1.06 bits per heavy atom. The predicted molar refractivity (Wildman–Crippen MR) is 115 cm³/mol. The van der Waals surface area contributed by atoms with E-state index in [9.17, 15) is 32.1 Å². The summed E-state index contributed by atoms with van der Waals surface area (Å²) in [7, 11) is -3.85. The van der Waals surface area contributed by atoms with Crippen LogP contribution in [0.1, 0.15) is 19.3 Å². The minimum Gasteiger partial charge on any atom is -0.490 e. The molecule has 34 heavy (non-hydrogen) atoms. The number of benzene rings is 2. The Labute approximate surface area is 193 Å². The van der Waals surface area contributed by atoms with Gasteiger partial charge in [0.2, 0.25) is 21.7 Å². The van der Waals surface area contributed by atoms with Crippen molar-refractivity contribution in [2.75, 3.05) is 31.6 Å². The third-order valence-electron chi connectivity index (χ3n) is 5.67. The summed E-state index contributed by atoms with van der Waals surface area (Å²) in [6, 6.07) is 5.35. The minimum atomic E-state index is -3.85. The number of carbonyl (C=O) groups is 1. The number of amides is 1. The quantitative estimate of drug-likeness (QED) is 0.497. The number of piperidine rings is 1. The van der Waals surface area contributed by atoms with Crippen molar-refractivity contribution in [1.29, 1.82) is 0 Å². The monoisotopic (exact) mass is 497 g/mol. The van der Waals surface area contributed by atoms with E-state index in [0.717, 1.165) is 0 Å². The lowest BCUT2D eigenvalue weighted by molar-refractivity contribution is -0.387. The maximum atomic E-state index is 14.0. The molecular weight excluding hydrogens is 476 g/mol. The molecule has 2 aromatic rings. The number of anilines is 1. The molecule has 4 rings (SSSR count). The molecule has 1 saturated heterocycles. The van der Waals surface area contributed by atoms with Crippen LogP contribution < -0.4 is 14.8 Å². The number of hydrogen-bond acceptors (Lipinski definition) is 7. The number of nitrogens with zero attached hydrogens (tertiary/aromatic N) is 2. The van der Waals surface area contributed by atoms with Crippen molar-refractivity contribution in [1.82, 2.24) is 4.31 Å². The van der Waals surface area contributed by atoms with E-state index in [0.29, 0.717) is 43.3 Å². The molecule has 1 fully saturated rings. The summed E-state index contributed by atoms with van der Waals surface area (Å²) < 4.78 is 66.0. The number of ether oxygens (including phenoxy) is 2. The molecule has 0 atom stereocenters. The fraction of sp³-hybridized carbons (Fsp3) is 0.381. The largest absolute Gasteiger partial charge is 0.490 e. The molecular formula is C21H21F2N3O7S. The number of nitrogens with one attached hydrogen (secondary N) is 1. The molecule has 1 amide bonds. The van der Waals surface area contributed by atoms with Gasteiger partial charge in [-0.2, -0.15) is 8.70 Å². The molecule has 0 bridgehead atoms. The fourth-order valence-electron chi connectivity index (χ4n) is 3.82. The van der Waals surface area contributed by atoms with Crippen molar-refractivity contribution in [3.05, 3.63) is 52.1 Å². The third kappa shape index (κ3) is 4.80. The number of nitro groups is 1. The van der Waals surface area contributed by atoms with Gasteiger partial charge in [0.05, 0.1) is 28.7 Å². The van der Waals surface area contributed by atoms with E-state index in [-0.39, 0.29) is 30.8 Å². The lowest BCUT2D eigenvalue weighted by Crippen LogP contribution is -2.41. The van der Waals surface area contributed by atoms with Crippen LogP contribution in [-0.2, 0) is 14.8 Å². The van der Waals surface area contributed by atoms with Crippen LogP contribution in [0.5, 0.6) is 11.5 Å². The molecule has 0 aromatic heterocycles. The van der Waals surface area contributed by atoms with Gasteiger partial charge in [0.25, 0.3) is 0 Å². The first-order valence-corrected chi connectivity index (χ1v) is 11.9. The van der Waals surface area contributed by atoms with Crippen LogP contribution in [0.4, 0.5) is 20.2 Å². The molecule has 182 valence electrons. The number of sulfonamides is 1. The molecule has 10 nitrogen and oxygen atoms in total. The Hall–Kier alpha value is -3.32. The van der Waals surface area contributed by atoms with Crippen LogP contribution in [0.3, 0.4) is 0 Å². The van der Waals surface area contributed by atoms with Gasteiger partial charge in [-0.3, -0.25) is 14.9 Å². The van der Waals surface area contributed by atoms with Crippen molar-refractivity contribution >= 4 is 27.3 Å². The van der Waals surface area contributed by atoms with Gasteiger partial charge in [0, 0.05) is 43.6 Å². The van der Waals surface area contributed by atoms with Crippen LogP contribution in [0, 0.1) is 27.7 Å². The molecule has 2 aromatic carbocycles. The Morgan fingerprint density at radius 2 is 1.74 bits per heavy atom. The van der Waals surface area contributed by atoms with Crippen molar-refractivity contribution in [3.8, 4) is 11.5 Å². The van der Waals surface area contributed by atoms with Crippen molar-refractivity contribution in [2.24, 2.45) is 5.92 Å². The second kappa shape index (κ2) is 9.50. The number of fused-ring (bicyclic) bond motifs is 1. The maximum Gasteiger partial charge on any atom is 0.307 e. The lowest BCUT2D eigenvalue weighted by atomic mass is 9.97. The van der Waals surface area contributed by atoms with Gasteiger partial charge in [-0.05, 0) is 25.0 Å². The van der Waals surface area contributed by atoms with Gasteiger partial charge in [-0.1, -0.05) is 0 Å². The number of halogens is 2. The Balaban J connectivity index is 1.42. The number of hydrogen-bond donors (Lipinski definition) is 1. The number of rotatable bonds is 5. The number of nitro benzene ring substituents is 1. The third-order valence-corrected chi connectivity index (χ3v) is 7.57. The minimum absolute atomic E-state index is 0.0420. The molecule has 0 unspecified atom stereocenters. The highest BCUT2D eigenvalue weighted by atomic mass is 32.2. The summed E-state index contributed by atoms with van der Waals surface area (Å²) in [5.74, 6) is -2.96. The average molecular weight is 497 g/mol. The van der Waals surface area contributed by atoms with Gasteiger partial charge in [0.15, 0.2) is 11.5 Å². The lowest BCUT2D eigenvalue weighted by Gasteiger charge is -2.30. The zero-order valence-electron chi connectivity index (χ0n) is 17.8. The second-order valence-corrected chi connectivity index (χ2v) is 9.81. The topological polar surface area (TPSA) is 128 Å². The van der Waals surface area contributed by atoms with E-state index in [1.807, 2.05) is 0 Å². The summed E-state index contributed by atoms with van der Waals surface area (Å²) in [4.78, 5) is 22.5. The average Bonchev–Trinajstić information content (AvgIpc) is 3.05. The van der Waals surface area contributed by atoms with Crippen LogP contribution in [0.15, 0.2) is 35.2 Å². The molecule has 1 N–H and O–H groups in total. The highest BCUT2D eigenvalue weighted by Gasteiger charge is 2.33. The zero-order chi connectivity index (χ0) is 24.5. The molecule has 13 heteroatoms. The van der Waals surface area contributed by atoms with Gasteiger partial charge in [-0.25, -0.2) is 12.8 Å². The molecule has 0 aliphatic carbocycles. The second-order valence-electron chi connectivity index (χ2n) is 7.87. The first-order valence-electron chi connectivity index (χ1n) is 10.5. The van der Waals surface area contributed by atoms with Gasteiger partial charge < -0.3 is 14.8 Å². The van der Waals surface area contributed by atoms with Gasteiger partial charge in [0.1, 0.15) is 5.82 Å². The summed E-state index contributed by atoms with van der Waals surface area (Å²) in [5.41, 5.74) is -1.48. The van der Waals surface area contributed by atoms with E-state index < -0.39 is 49.8 Å². The normalized spacial score (nSPS) is 17.1. The molecule has 2 aliphatic heterocycles. The van der Waals surface area contributed by atoms with Crippen LogP contribution in [-0.4, -0.2) is 49.9 Å². The highest BCUT2D eigenvalue weighted by Crippen LogP contribution is 2.34. The van der Waals surface area contributed by atoms with Crippen molar-refractivity contribution in [3.63, 3.8) is 0 Å². The molecule has 2 aliphatic rings. The van der Waals surface area contributed by atoms with E-state index in [1.165, 1.54) is 16.4 Å². The predicted octanol–water partition coefficient (Wildman–Crippen LogP) is 3.07. The zero-order valence-corrected chi connectivity index (χ0v) is 18.6.